The third kappa shape index (κ3) is 3.05. The van der Waals surface area contributed by atoms with Gasteiger partial charge in [0.05, 0.1) is 6.04 Å². The summed E-state index contributed by atoms with van der Waals surface area (Å²) in [5, 5.41) is 3.28. The van der Waals surface area contributed by atoms with Crippen molar-refractivity contribution in [1.82, 2.24) is 5.32 Å². The summed E-state index contributed by atoms with van der Waals surface area (Å²) in [5.41, 5.74) is 1.80. The minimum absolute atomic E-state index is 0.175. The highest BCUT2D eigenvalue weighted by Crippen LogP contribution is 2.18. The number of benzene rings is 2. The van der Waals surface area contributed by atoms with Gasteiger partial charge in [-0.2, -0.15) is 0 Å². The van der Waals surface area contributed by atoms with Crippen LogP contribution in [-0.4, -0.2) is 0 Å². The molecule has 0 heterocycles. The first-order valence-electron chi connectivity index (χ1n) is 5.95. The molecule has 0 aliphatic carbocycles. The van der Waals surface area contributed by atoms with Gasteiger partial charge in [-0.3, -0.25) is 0 Å². The van der Waals surface area contributed by atoms with E-state index in [0.717, 1.165) is 0 Å². The average molecular weight is 241 g/mol. The molecule has 2 rings (SSSR count). The Morgan fingerprint density at radius 2 is 1.72 bits per heavy atom. The summed E-state index contributed by atoms with van der Waals surface area (Å²) in [6.45, 7) is 4.45. The summed E-state index contributed by atoms with van der Waals surface area (Å²) >= 11 is 0. The molecule has 0 radical (unpaired) electrons. The van der Waals surface area contributed by atoms with Crippen molar-refractivity contribution in [2.75, 3.05) is 0 Å². The van der Waals surface area contributed by atoms with E-state index in [2.05, 4.69) is 11.9 Å². The van der Waals surface area contributed by atoms with E-state index in [-0.39, 0.29) is 11.9 Å². The Balaban J connectivity index is 2.07. The van der Waals surface area contributed by atoms with Gasteiger partial charge in [-0.25, -0.2) is 4.39 Å². The fraction of sp³-hybridized carbons (Fsp3) is 0.125. The predicted octanol–water partition coefficient (Wildman–Crippen LogP) is 3.84. The zero-order valence-electron chi connectivity index (χ0n) is 10.1. The zero-order valence-corrected chi connectivity index (χ0v) is 10.1. The van der Waals surface area contributed by atoms with E-state index in [1.54, 1.807) is 18.2 Å². The van der Waals surface area contributed by atoms with E-state index < -0.39 is 0 Å². The van der Waals surface area contributed by atoms with Crippen LogP contribution in [0.1, 0.15) is 17.2 Å². The van der Waals surface area contributed by atoms with E-state index >= 15 is 0 Å². The van der Waals surface area contributed by atoms with E-state index in [1.807, 2.05) is 36.4 Å². The van der Waals surface area contributed by atoms with Gasteiger partial charge in [0.2, 0.25) is 0 Å². The molecule has 0 unspecified atom stereocenters. The second-order valence-electron chi connectivity index (χ2n) is 4.10. The first-order chi connectivity index (χ1) is 8.81. The highest BCUT2D eigenvalue weighted by molar-refractivity contribution is 5.25. The molecule has 0 spiro atoms. The van der Waals surface area contributed by atoms with Gasteiger partial charge >= 0.3 is 0 Å². The van der Waals surface area contributed by atoms with Crippen molar-refractivity contribution < 1.29 is 4.39 Å². The largest absolute Gasteiger partial charge is 0.303 e. The number of hydrogen-bond donors (Lipinski definition) is 1. The maximum absolute atomic E-state index is 13.7. The lowest BCUT2D eigenvalue weighted by atomic mass is 10.1. The van der Waals surface area contributed by atoms with E-state index in [0.29, 0.717) is 12.1 Å². The predicted molar refractivity (Wildman–Crippen MR) is 72.6 cm³/mol. The van der Waals surface area contributed by atoms with Crippen molar-refractivity contribution >= 4 is 0 Å². The quantitative estimate of drug-likeness (QED) is 0.784. The first-order valence-corrected chi connectivity index (χ1v) is 5.95. The first kappa shape index (κ1) is 12.5. The maximum atomic E-state index is 13.7. The SMILES string of the molecule is C=C[C@H](NCc1ccccc1)c1ccccc1F. The molecule has 0 bridgehead atoms. The molecular weight excluding hydrogens is 225 g/mol. The van der Waals surface area contributed by atoms with Crippen molar-refractivity contribution in [3.8, 4) is 0 Å². The molecule has 0 saturated heterocycles. The highest BCUT2D eigenvalue weighted by Gasteiger charge is 2.10. The molecule has 0 aliphatic heterocycles. The molecule has 2 aromatic carbocycles. The van der Waals surface area contributed by atoms with Gasteiger partial charge in [0.25, 0.3) is 0 Å². The van der Waals surface area contributed by atoms with Crippen molar-refractivity contribution in [2.24, 2.45) is 0 Å². The topological polar surface area (TPSA) is 12.0 Å². The molecule has 0 fully saturated rings. The lowest BCUT2D eigenvalue weighted by Crippen LogP contribution is -2.19. The minimum atomic E-state index is -0.206. The second-order valence-corrected chi connectivity index (χ2v) is 4.10. The Kier molecular flexibility index (Phi) is 4.26. The Labute approximate surface area is 107 Å². The van der Waals surface area contributed by atoms with Crippen LogP contribution in [0.15, 0.2) is 67.3 Å². The molecule has 0 saturated carbocycles. The van der Waals surface area contributed by atoms with Gasteiger partial charge < -0.3 is 5.32 Å². The molecule has 0 amide bonds. The van der Waals surface area contributed by atoms with Crippen LogP contribution in [0.4, 0.5) is 4.39 Å². The fourth-order valence-corrected chi connectivity index (χ4v) is 1.87. The van der Waals surface area contributed by atoms with Crippen LogP contribution in [0.5, 0.6) is 0 Å². The Bertz CT molecular complexity index is 508. The number of hydrogen-bond acceptors (Lipinski definition) is 1. The summed E-state index contributed by atoms with van der Waals surface area (Å²) in [6.07, 6.45) is 1.72. The van der Waals surface area contributed by atoms with Crippen LogP contribution in [0.3, 0.4) is 0 Å². The number of rotatable bonds is 5. The van der Waals surface area contributed by atoms with E-state index in [1.165, 1.54) is 11.6 Å². The second kappa shape index (κ2) is 6.12. The zero-order chi connectivity index (χ0) is 12.8. The molecular formula is C16H16FN. The molecule has 1 nitrogen and oxygen atoms in total. The van der Waals surface area contributed by atoms with E-state index in [4.69, 9.17) is 0 Å². The number of nitrogens with one attached hydrogen (secondary N) is 1. The Morgan fingerprint density at radius 3 is 2.39 bits per heavy atom. The molecule has 2 aromatic rings. The molecule has 1 N–H and O–H groups in total. The minimum Gasteiger partial charge on any atom is -0.303 e. The smallest absolute Gasteiger partial charge is 0.128 e. The summed E-state index contributed by atoms with van der Waals surface area (Å²) in [5.74, 6) is -0.206. The highest BCUT2D eigenvalue weighted by atomic mass is 19.1. The van der Waals surface area contributed by atoms with Crippen LogP contribution in [-0.2, 0) is 6.54 Å². The summed E-state index contributed by atoms with van der Waals surface area (Å²) in [4.78, 5) is 0. The third-order valence-electron chi connectivity index (χ3n) is 2.84. The van der Waals surface area contributed by atoms with E-state index in [9.17, 15) is 4.39 Å². The van der Waals surface area contributed by atoms with Gasteiger partial charge in [-0.05, 0) is 11.6 Å². The maximum Gasteiger partial charge on any atom is 0.128 e. The van der Waals surface area contributed by atoms with Gasteiger partial charge in [0.1, 0.15) is 5.82 Å². The molecule has 2 heteroatoms. The molecule has 18 heavy (non-hydrogen) atoms. The van der Waals surface area contributed by atoms with Crippen molar-refractivity contribution in [2.45, 2.75) is 12.6 Å². The molecule has 1 atom stereocenters. The third-order valence-corrected chi connectivity index (χ3v) is 2.84. The van der Waals surface area contributed by atoms with Crippen LogP contribution in [0.2, 0.25) is 0 Å². The fourth-order valence-electron chi connectivity index (χ4n) is 1.87. The molecule has 0 aromatic heterocycles. The van der Waals surface area contributed by atoms with Gasteiger partial charge in [0.15, 0.2) is 0 Å². The van der Waals surface area contributed by atoms with Gasteiger partial charge in [0, 0.05) is 12.1 Å². The van der Waals surface area contributed by atoms with Gasteiger partial charge in [-0.1, -0.05) is 54.6 Å². The van der Waals surface area contributed by atoms with Crippen molar-refractivity contribution in [3.63, 3.8) is 0 Å². The lowest BCUT2D eigenvalue weighted by molar-refractivity contribution is 0.557. The lowest BCUT2D eigenvalue weighted by Gasteiger charge is -2.16. The average Bonchev–Trinajstić information content (AvgIpc) is 2.42. The van der Waals surface area contributed by atoms with Crippen LogP contribution >= 0.6 is 0 Å². The van der Waals surface area contributed by atoms with Gasteiger partial charge in [-0.15, -0.1) is 6.58 Å². The summed E-state index contributed by atoms with van der Waals surface area (Å²) in [7, 11) is 0. The van der Waals surface area contributed by atoms with Crippen LogP contribution in [0.25, 0.3) is 0 Å². The van der Waals surface area contributed by atoms with Crippen LogP contribution in [0, 0.1) is 5.82 Å². The summed E-state index contributed by atoms with van der Waals surface area (Å²) in [6, 6.07) is 16.6. The monoisotopic (exact) mass is 241 g/mol. The van der Waals surface area contributed by atoms with Crippen LogP contribution < -0.4 is 5.32 Å². The Hall–Kier alpha value is -1.93. The Morgan fingerprint density at radius 1 is 1.06 bits per heavy atom. The standard InChI is InChI=1S/C16H16FN/c1-2-16(14-10-6-7-11-15(14)17)18-12-13-8-4-3-5-9-13/h2-11,16,18H,1,12H2/t16-/m0/s1. The summed E-state index contributed by atoms with van der Waals surface area (Å²) < 4.78 is 13.7. The molecule has 92 valence electrons. The number of halogens is 1. The van der Waals surface area contributed by atoms with Crippen molar-refractivity contribution in [3.05, 3.63) is 84.2 Å². The molecule has 0 aliphatic rings. The normalized spacial score (nSPS) is 12.1. The van der Waals surface area contributed by atoms with Crippen molar-refractivity contribution in [1.29, 1.82) is 0 Å².